The van der Waals surface area contributed by atoms with Crippen LogP contribution in [0.4, 0.5) is 0 Å². The van der Waals surface area contributed by atoms with Crippen LogP contribution in [0.25, 0.3) is 0 Å². The molecular formula is C11H15ClO2. The number of phenols is 2. The summed E-state index contributed by atoms with van der Waals surface area (Å²) >= 11 is 5.72. The van der Waals surface area contributed by atoms with Gasteiger partial charge in [-0.1, -0.05) is 19.4 Å². The maximum atomic E-state index is 9.54. The van der Waals surface area contributed by atoms with Crippen molar-refractivity contribution in [3.8, 4) is 11.5 Å². The van der Waals surface area contributed by atoms with Gasteiger partial charge in [-0.15, -0.1) is 11.6 Å². The van der Waals surface area contributed by atoms with Gasteiger partial charge >= 0.3 is 0 Å². The summed E-state index contributed by atoms with van der Waals surface area (Å²) < 4.78 is 0. The third-order valence-electron chi connectivity index (χ3n) is 2.29. The van der Waals surface area contributed by atoms with Crippen molar-refractivity contribution in [1.82, 2.24) is 0 Å². The number of rotatable bonds is 4. The van der Waals surface area contributed by atoms with E-state index in [1.807, 2.05) is 6.07 Å². The first-order chi connectivity index (χ1) is 6.70. The molecule has 2 N–H and O–H groups in total. The van der Waals surface area contributed by atoms with Gasteiger partial charge in [-0.2, -0.15) is 0 Å². The first-order valence-corrected chi connectivity index (χ1v) is 5.32. The average Bonchev–Trinajstić information content (AvgIpc) is 2.20. The highest BCUT2D eigenvalue weighted by atomic mass is 35.5. The van der Waals surface area contributed by atoms with Gasteiger partial charge in [0.1, 0.15) is 0 Å². The van der Waals surface area contributed by atoms with Crippen molar-refractivity contribution >= 4 is 11.6 Å². The Morgan fingerprint density at radius 1 is 1.29 bits per heavy atom. The topological polar surface area (TPSA) is 40.5 Å². The van der Waals surface area contributed by atoms with Crippen LogP contribution in [-0.2, 0) is 12.3 Å². The summed E-state index contributed by atoms with van der Waals surface area (Å²) in [6, 6.07) is 3.33. The quantitative estimate of drug-likeness (QED) is 0.597. The summed E-state index contributed by atoms with van der Waals surface area (Å²) in [6.07, 6.45) is 3.06. The summed E-state index contributed by atoms with van der Waals surface area (Å²) in [5.74, 6) is 0.0636. The molecule has 0 aliphatic rings. The molecule has 0 heterocycles. The minimum Gasteiger partial charge on any atom is -0.504 e. The molecule has 1 aromatic rings. The Morgan fingerprint density at radius 2 is 2.00 bits per heavy atom. The van der Waals surface area contributed by atoms with E-state index in [1.54, 1.807) is 0 Å². The Balaban J connectivity index is 2.98. The molecule has 0 fully saturated rings. The first-order valence-electron chi connectivity index (χ1n) is 4.79. The minimum atomic E-state index is -0.0964. The third kappa shape index (κ3) is 2.32. The van der Waals surface area contributed by atoms with E-state index >= 15 is 0 Å². The van der Waals surface area contributed by atoms with E-state index in [1.165, 1.54) is 6.07 Å². The van der Waals surface area contributed by atoms with Crippen LogP contribution in [0.15, 0.2) is 12.1 Å². The Hall–Kier alpha value is -0.890. The van der Waals surface area contributed by atoms with Crippen LogP contribution in [0.5, 0.6) is 11.5 Å². The highest BCUT2D eigenvalue weighted by molar-refractivity contribution is 6.17. The number of hydrogen-bond acceptors (Lipinski definition) is 2. The zero-order valence-electron chi connectivity index (χ0n) is 8.26. The summed E-state index contributed by atoms with van der Waals surface area (Å²) in [5.41, 5.74) is 1.68. The molecule has 0 aliphatic heterocycles. The van der Waals surface area contributed by atoms with Crippen LogP contribution in [0, 0.1) is 0 Å². The molecule has 0 saturated heterocycles. The molecule has 0 saturated carbocycles. The Bertz CT molecular complexity index is 310. The second-order valence-electron chi connectivity index (χ2n) is 3.31. The number of halogens is 1. The van der Waals surface area contributed by atoms with E-state index in [0.29, 0.717) is 5.56 Å². The molecule has 0 unspecified atom stereocenters. The third-order valence-corrected chi connectivity index (χ3v) is 2.56. The number of alkyl halides is 1. The average molecular weight is 215 g/mol. The molecule has 3 heteroatoms. The monoisotopic (exact) mass is 214 g/mol. The minimum absolute atomic E-state index is 0.0754. The van der Waals surface area contributed by atoms with Crippen molar-refractivity contribution in [1.29, 1.82) is 0 Å². The Morgan fingerprint density at radius 3 is 2.57 bits per heavy atom. The standard InChI is InChI=1S/C11H15ClO2/c1-2-3-4-8-5-6-10(13)11(14)9(8)7-12/h5-6,13-14H,2-4,7H2,1H3. The fourth-order valence-electron chi connectivity index (χ4n) is 1.42. The fraction of sp³-hybridized carbons (Fsp3) is 0.455. The smallest absolute Gasteiger partial charge is 0.162 e. The van der Waals surface area contributed by atoms with Gasteiger partial charge in [0.15, 0.2) is 11.5 Å². The van der Waals surface area contributed by atoms with E-state index < -0.39 is 0 Å². The molecule has 14 heavy (non-hydrogen) atoms. The van der Waals surface area contributed by atoms with Gasteiger partial charge < -0.3 is 10.2 Å². The molecule has 0 aromatic heterocycles. The maximum Gasteiger partial charge on any atom is 0.162 e. The van der Waals surface area contributed by atoms with Gasteiger partial charge in [0.25, 0.3) is 0 Å². The van der Waals surface area contributed by atoms with Gasteiger partial charge in [0.05, 0.1) is 5.88 Å². The summed E-state index contributed by atoms with van der Waals surface area (Å²) in [6.45, 7) is 2.11. The number of benzene rings is 1. The highest BCUT2D eigenvalue weighted by Gasteiger charge is 2.10. The zero-order valence-corrected chi connectivity index (χ0v) is 9.01. The second-order valence-corrected chi connectivity index (χ2v) is 3.58. The van der Waals surface area contributed by atoms with Crippen LogP contribution < -0.4 is 0 Å². The summed E-state index contributed by atoms with van der Waals surface area (Å²) in [4.78, 5) is 0. The fourth-order valence-corrected chi connectivity index (χ4v) is 1.71. The van der Waals surface area contributed by atoms with E-state index in [-0.39, 0.29) is 17.4 Å². The predicted molar refractivity (Wildman–Crippen MR) is 57.9 cm³/mol. The SMILES string of the molecule is CCCCc1ccc(O)c(O)c1CCl. The lowest BCUT2D eigenvalue weighted by Gasteiger charge is -2.09. The number of hydrogen-bond donors (Lipinski definition) is 2. The van der Waals surface area contributed by atoms with Gasteiger partial charge in [0.2, 0.25) is 0 Å². The number of phenolic OH excluding ortho intramolecular Hbond substituents is 2. The lowest BCUT2D eigenvalue weighted by molar-refractivity contribution is 0.400. The zero-order chi connectivity index (χ0) is 10.6. The van der Waals surface area contributed by atoms with Crippen LogP contribution in [0.2, 0.25) is 0 Å². The molecule has 0 radical (unpaired) electrons. The van der Waals surface area contributed by atoms with E-state index in [0.717, 1.165) is 24.8 Å². The molecule has 1 rings (SSSR count). The van der Waals surface area contributed by atoms with Crippen molar-refractivity contribution in [2.45, 2.75) is 32.1 Å². The van der Waals surface area contributed by atoms with Crippen molar-refractivity contribution in [3.63, 3.8) is 0 Å². The number of aromatic hydroxyl groups is 2. The van der Waals surface area contributed by atoms with Crippen molar-refractivity contribution in [2.75, 3.05) is 0 Å². The molecule has 2 nitrogen and oxygen atoms in total. The number of unbranched alkanes of at least 4 members (excludes halogenated alkanes) is 1. The van der Waals surface area contributed by atoms with Crippen LogP contribution in [-0.4, -0.2) is 10.2 Å². The first kappa shape index (κ1) is 11.2. The summed E-state index contributed by atoms with van der Waals surface area (Å²) in [5, 5.41) is 18.8. The van der Waals surface area contributed by atoms with Crippen LogP contribution >= 0.6 is 11.6 Å². The molecule has 0 aliphatic carbocycles. The van der Waals surface area contributed by atoms with Crippen molar-refractivity contribution in [2.24, 2.45) is 0 Å². The molecule has 0 amide bonds. The largest absolute Gasteiger partial charge is 0.504 e. The maximum absolute atomic E-state index is 9.54. The molecule has 0 spiro atoms. The van der Waals surface area contributed by atoms with Crippen LogP contribution in [0.3, 0.4) is 0 Å². The highest BCUT2D eigenvalue weighted by Crippen LogP contribution is 2.33. The van der Waals surface area contributed by atoms with Crippen molar-refractivity contribution in [3.05, 3.63) is 23.3 Å². The van der Waals surface area contributed by atoms with Crippen molar-refractivity contribution < 1.29 is 10.2 Å². The molecule has 0 atom stereocenters. The number of aryl methyl sites for hydroxylation is 1. The Labute approximate surface area is 89.1 Å². The summed E-state index contributed by atoms with van der Waals surface area (Å²) in [7, 11) is 0. The van der Waals surface area contributed by atoms with Gasteiger partial charge in [-0.25, -0.2) is 0 Å². The van der Waals surface area contributed by atoms with E-state index in [9.17, 15) is 10.2 Å². The lowest BCUT2D eigenvalue weighted by Crippen LogP contribution is -1.92. The van der Waals surface area contributed by atoms with Gasteiger partial charge in [-0.05, 0) is 24.5 Å². The second kappa shape index (κ2) is 5.11. The van der Waals surface area contributed by atoms with Gasteiger partial charge in [0, 0.05) is 5.56 Å². The molecule has 1 aromatic carbocycles. The molecule has 78 valence electrons. The lowest BCUT2D eigenvalue weighted by atomic mass is 10.0. The Kier molecular flexibility index (Phi) is 4.08. The molecule has 0 bridgehead atoms. The normalized spacial score (nSPS) is 10.4. The van der Waals surface area contributed by atoms with Gasteiger partial charge in [-0.3, -0.25) is 0 Å². The van der Waals surface area contributed by atoms with E-state index in [4.69, 9.17) is 11.6 Å². The molecular weight excluding hydrogens is 200 g/mol. The van der Waals surface area contributed by atoms with Crippen LogP contribution in [0.1, 0.15) is 30.9 Å². The predicted octanol–water partition coefficient (Wildman–Crippen LogP) is 3.18. The van der Waals surface area contributed by atoms with E-state index in [2.05, 4.69) is 6.92 Å².